The third-order valence-corrected chi connectivity index (χ3v) is 6.26. The van der Waals surface area contributed by atoms with Crippen LogP contribution in [-0.2, 0) is 14.8 Å². The molecular weight excluding hydrogens is 430 g/mol. The Bertz CT molecular complexity index is 1240. The number of amides is 1. The molecule has 9 heteroatoms. The number of hydrogen-bond acceptors (Lipinski definition) is 5. The Labute approximate surface area is 185 Å². The lowest BCUT2D eigenvalue weighted by Gasteiger charge is -2.24. The number of nitrogens with one attached hydrogen (secondary N) is 1. The van der Waals surface area contributed by atoms with Gasteiger partial charge in [-0.25, -0.2) is 18.6 Å². The van der Waals surface area contributed by atoms with Gasteiger partial charge in [-0.15, -0.1) is 0 Å². The molecule has 0 aliphatic rings. The lowest BCUT2D eigenvalue weighted by Crippen LogP contribution is -2.39. The monoisotopic (exact) mass is 451 g/mol. The fourth-order valence-corrected chi connectivity index (χ4v) is 4.31. The Kier molecular flexibility index (Phi) is 7.01. The molecule has 3 rings (SSSR count). The van der Waals surface area contributed by atoms with Gasteiger partial charge in [0.1, 0.15) is 6.54 Å². The molecule has 164 valence electrons. The van der Waals surface area contributed by atoms with Gasteiger partial charge in [-0.1, -0.05) is 42.5 Å². The lowest BCUT2D eigenvalue weighted by atomic mass is 10.1. The predicted octanol–water partition coefficient (Wildman–Crippen LogP) is 3.04. The fraction of sp³-hybridized carbons (Fsp3) is 0.0870. The van der Waals surface area contributed by atoms with Crippen LogP contribution < -0.4 is 9.73 Å². The second-order valence-corrected chi connectivity index (χ2v) is 8.75. The Morgan fingerprint density at radius 1 is 1.00 bits per heavy atom. The number of anilines is 1. The molecular formula is C23H21N3O5S. The third kappa shape index (κ3) is 5.58. The van der Waals surface area contributed by atoms with Crippen LogP contribution in [0.25, 0.3) is 0 Å². The summed E-state index contributed by atoms with van der Waals surface area (Å²) in [4.78, 5) is 23.5. The number of carbonyl (C=O) groups is 2. The first-order valence-electron chi connectivity index (χ1n) is 9.57. The van der Waals surface area contributed by atoms with Crippen LogP contribution in [0, 0.1) is 6.92 Å². The minimum absolute atomic E-state index is 0.0660. The van der Waals surface area contributed by atoms with E-state index in [1.165, 1.54) is 42.6 Å². The number of benzene rings is 3. The van der Waals surface area contributed by atoms with Crippen molar-refractivity contribution >= 4 is 33.8 Å². The third-order valence-electron chi connectivity index (χ3n) is 4.47. The quantitative estimate of drug-likeness (QED) is 0.403. The molecule has 0 spiro atoms. The molecule has 0 atom stereocenters. The zero-order valence-electron chi connectivity index (χ0n) is 17.2. The zero-order chi connectivity index (χ0) is 23.1. The number of aryl methyl sites for hydroxylation is 1. The topological polar surface area (TPSA) is 116 Å². The Balaban J connectivity index is 1.79. The Hall–Kier alpha value is -3.98. The summed E-state index contributed by atoms with van der Waals surface area (Å²) in [6.45, 7) is 1.35. The molecule has 3 aromatic carbocycles. The van der Waals surface area contributed by atoms with Gasteiger partial charge < -0.3 is 5.11 Å². The lowest BCUT2D eigenvalue weighted by molar-refractivity contribution is -0.119. The molecule has 8 nitrogen and oxygen atoms in total. The second-order valence-electron chi connectivity index (χ2n) is 6.88. The summed E-state index contributed by atoms with van der Waals surface area (Å²) in [5.41, 5.74) is 4.22. The van der Waals surface area contributed by atoms with E-state index < -0.39 is 28.4 Å². The minimum Gasteiger partial charge on any atom is -0.478 e. The van der Waals surface area contributed by atoms with Gasteiger partial charge >= 0.3 is 5.97 Å². The van der Waals surface area contributed by atoms with E-state index in [0.29, 0.717) is 11.3 Å². The van der Waals surface area contributed by atoms with Crippen molar-refractivity contribution in [1.82, 2.24) is 5.43 Å². The maximum absolute atomic E-state index is 13.2. The maximum atomic E-state index is 13.2. The van der Waals surface area contributed by atoms with Crippen molar-refractivity contribution in [2.45, 2.75) is 11.8 Å². The molecule has 0 unspecified atom stereocenters. The smallest absolute Gasteiger partial charge is 0.335 e. The van der Waals surface area contributed by atoms with Crippen LogP contribution in [-0.4, -0.2) is 38.2 Å². The van der Waals surface area contributed by atoms with Crippen molar-refractivity contribution < 1.29 is 23.1 Å². The van der Waals surface area contributed by atoms with E-state index in [-0.39, 0.29) is 10.5 Å². The van der Waals surface area contributed by atoms with E-state index in [9.17, 15) is 18.0 Å². The highest BCUT2D eigenvalue weighted by Gasteiger charge is 2.27. The molecule has 0 aromatic heterocycles. The van der Waals surface area contributed by atoms with E-state index >= 15 is 0 Å². The van der Waals surface area contributed by atoms with Gasteiger partial charge in [0.25, 0.3) is 15.9 Å². The van der Waals surface area contributed by atoms with Gasteiger partial charge in [-0.05, 0) is 54.4 Å². The van der Waals surface area contributed by atoms with Gasteiger partial charge in [0.2, 0.25) is 0 Å². The van der Waals surface area contributed by atoms with E-state index in [0.717, 1.165) is 9.87 Å². The Morgan fingerprint density at radius 2 is 1.69 bits per heavy atom. The summed E-state index contributed by atoms with van der Waals surface area (Å²) in [7, 11) is -3.99. The number of hydrazone groups is 1. The summed E-state index contributed by atoms with van der Waals surface area (Å²) in [6, 6.07) is 20.6. The van der Waals surface area contributed by atoms with E-state index in [2.05, 4.69) is 10.5 Å². The molecule has 0 bridgehead atoms. The highest BCUT2D eigenvalue weighted by Crippen LogP contribution is 2.24. The normalized spacial score (nSPS) is 11.3. The first-order valence-corrected chi connectivity index (χ1v) is 11.0. The molecule has 3 aromatic rings. The van der Waals surface area contributed by atoms with Crippen LogP contribution in [0.4, 0.5) is 5.69 Å². The average Bonchev–Trinajstić information content (AvgIpc) is 2.78. The van der Waals surface area contributed by atoms with E-state index in [1.54, 1.807) is 36.4 Å². The molecule has 0 saturated heterocycles. The van der Waals surface area contributed by atoms with Crippen LogP contribution in [0.15, 0.2) is 88.9 Å². The van der Waals surface area contributed by atoms with Crippen molar-refractivity contribution in [3.8, 4) is 0 Å². The molecule has 0 fully saturated rings. The first kappa shape index (κ1) is 22.7. The van der Waals surface area contributed by atoms with Crippen LogP contribution >= 0.6 is 0 Å². The molecule has 1 amide bonds. The number of carboxylic acids is 1. The molecule has 0 heterocycles. The van der Waals surface area contributed by atoms with Gasteiger partial charge in [0.05, 0.1) is 22.4 Å². The van der Waals surface area contributed by atoms with Crippen LogP contribution in [0.3, 0.4) is 0 Å². The number of rotatable bonds is 8. The average molecular weight is 452 g/mol. The standard InChI is InChI=1S/C23H21N3O5S/c1-17-6-5-7-20(14-17)26(32(30,31)21-8-3-2-4-9-21)16-22(27)25-24-15-18-10-12-19(13-11-18)23(28)29/h2-15H,16H2,1H3,(H,25,27)(H,28,29)/b24-15-. The highest BCUT2D eigenvalue weighted by atomic mass is 32.2. The van der Waals surface area contributed by atoms with Gasteiger partial charge in [0.15, 0.2) is 0 Å². The SMILES string of the molecule is Cc1cccc(N(CC(=O)N/N=C\c2ccc(C(=O)O)cc2)S(=O)(=O)c2ccccc2)c1. The van der Waals surface area contributed by atoms with Crippen molar-refractivity contribution in [1.29, 1.82) is 0 Å². The van der Waals surface area contributed by atoms with Crippen LogP contribution in [0.2, 0.25) is 0 Å². The maximum Gasteiger partial charge on any atom is 0.335 e. The summed E-state index contributed by atoms with van der Waals surface area (Å²) in [5, 5.41) is 12.8. The van der Waals surface area contributed by atoms with Crippen molar-refractivity contribution in [3.05, 3.63) is 95.6 Å². The van der Waals surface area contributed by atoms with Crippen molar-refractivity contribution in [3.63, 3.8) is 0 Å². The predicted molar refractivity (Wildman–Crippen MR) is 121 cm³/mol. The van der Waals surface area contributed by atoms with Crippen LogP contribution in [0.5, 0.6) is 0 Å². The van der Waals surface area contributed by atoms with E-state index in [4.69, 9.17) is 5.11 Å². The molecule has 2 N–H and O–H groups in total. The van der Waals surface area contributed by atoms with Gasteiger partial charge in [-0.3, -0.25) is 9.10 Å². The fourth-order valence-electron chi connectivity index (χ4n) is 2.87. The van der Waals surface area contributed by atoms with Gasteiger partial charge in [-0.2, -0.15) is 5.10 Å². The van der Waals surface area contributed by atoms with Gasteiger partial charge in [0, 0.05) is 0 Å². The molecule has 0 aliphatic carbocycles. The number of aromatic carboxylic acids is 1. The molecule has 0 saturated carbocycles. The van der Waals surface area contributed by atoms with E-state index in [1.807, 2.05) is 13.0 Å². The summed E-state index contributed by atoms with van der Waals surface area (Å²) < 4.78 is 27.5. The molecule has 0 aliphatic heterocycles. The second kappa shape index (κ2) is 9.88. The summed E-state index contributed by atoms with van der Waals surface area (Å²) in [6.07, 6.45) is 1.34. The Morgan fingerprint density at radius 3 is 2.31 bits per heavy atom. The zero-order valence-corrected chi connectivity index (χ0v) is 18.0. The number of carboxylic acid groups (broad SMARTS) is 1. The molecule has 32 heavy (non-hydrogen) atoms. The van der Waals surface area contributed by atoms with Crippen molar-refractivity contribution in [2.24, 2.45) is 5.10 Å². The highest BCUT2D eigenvalue weighted by molar-refractivity contribution is 7.92. The molecule has 0 radical (unpaired) electrons. The number of hydrogen-bond donors (Lipinski definition) is 2. The van der Waals surface area contributed by atoms with Crippen molar-refractivity contribution in [2.75, 3.05) is 10.8 Å². The number of carbonyl (C=O) groups excluding carboxylic acids is 1. The first-order chi connectivity index (χ1) is 15.3. The minimum atomic E-state index is -3.99. The van der Waals surface area contributed by atoms with Crippen LogP contribution in [0.1, 0.15) is 21.5 Å². The summed E-state index contributed by atoms with van der Waals surface area (Å²) >= 11 is 0. The number of nitrogens with zero attached hydrogens (tertiary/aromatic N) is 2. The summed E-state index contributed by atoms with van der Waals surface area (Å²) in [5.74, 6) is -1.68. The number of sulfonamides is 1. The largest absolute Gasteiger partial charge is 0.478 e.